The lowest BCUT2D eigenvalue weighted by Gasteiger charge is -2.64. The zero-order valence-electron chi connectivity index (χ0n) is 19.7. The summed E-state index contributed by atoms with van der Waals surface area (Å²) in [7, 11) is 4.13. The molecule has 0 aliphatic heterocycles. The SMILES string of the molecule is CN(C)c1ccc(C2CC[C@@]3(O)[C@@H]4C(O)CC5CC(O)CC[C@]5(C)[C@@H]4CC[C@]23C)cc1. The molecule has 3 N–H and O–H groups in total. The molecule has 5 rings (SSSR count). The lowest BCUT2D eigenvalue weighted by molar-refractivity contribution is -0.238. The predicted molar refractivity (Wildman–Crippen MR) is 124 cm³/mol. The molecule has 1 aromatic carbocycles. The highest BCUT2D eigenvalue weighted by Gasteiger charge is 2.69. The van der Waals surface area contributed by atoms with Crippen LogP contribution >= 0.6 is 0 Å². The quantitative estimate of drug-likeness (QED) is 0.658. The molecule has 0 saturated heterocycles. The fourth-order valence-corrected chi connectivity index (χ4v) is 8.73. The number of fused-ring (bicyclic) bond motifs is 5. The minimum absolute atomic E-state index is 0.0474. The molecule has 4 saturated carbocycles. The molecule has 4 unspecified atom stereocenters. The molecule has 0 bridgehead atoms. The summed E-state index contributed by atoms with van der Waals surface area (Å²) in [5.41, 5.74) is 1.65. The Bertz CT molecular complexity index is 824. The summed E-state index contributed by atoms with van der Waals surface area (Å²) in [6, 6.07) is 8.88. The lowest BCUT2D eigenvalue weighted by atomic mass is 9.42. The average molecular weight is 428 g/mol. The molecular weight excluding hydrogens is 386 g/mol. The number of rotatable bonds is 2. The van der Waals surface area contributed by atoms with Crippen molar-refractivity contribution in [2.45, 2.75) is 88.9 Å². The molecule has 0 aromatic heterocycles. The second-order valence-electron chi connectivity index (χ2n) is 12.0. The Labute approximate surface area is 187 Å². The van der Waals surface area contributed by atoms with Crippen LogP contribution in [0.25, 0.3) is 0 Å². The van der Waals surface area contributed by atoms with Gasteiger partial charge in [0.25, 0.3) is 0 Å². The van der Waals surface area contributed by atoms with Crippen LogP contribution in [0.3, 0.4) is 0 Å². The second kappa shape index (κ2) is 7.20. The summed E-state index contributed by atoms with van der Waals surface area (Å²) in [4.78, 5) is 2.12. The number of anilines is 1. The topological polar surface area (TPSA) is 63.9 Å². The van der Waals surface area contributed by atoms with E-state index < -0.39 is 11.7 Å². The fourth-order valence-electron chi connectivity index (χ4n) is 8.73. The molecule has 4 nitrogen and oxygen atoms in total. The van der Waals surface area contributed by atoms with Crippen LogP contribution in [-0.4, -0.2) is 47.2 Å². The van der Waals surface area contributed by atoms with Crippen molar-refractivity contribution < 1.29 is 15.3 Å². The Kier molecular flexibility index (Phi) is 5.05. The molecule has 4 aliphatic rings. The maximum atomic E-state index is 12.3. The first-order chi connectivity index (χ1) is 14.6. The van der Waals surface area contributed by atoms with Crippen LogP contribution in [0.15, 0.2) is 24.3 Å². The third-order valence-electron chi connectivity index (χ3n) is 10.6. The van der Waals surface area contributed by atoms with Crippen LogP contribution in [0.2, 0.25) is 0 Å². The van der Waals surface area contributed by atoms with Crippen molar-refractivity contribution in [3.8, 4) is 0 Å². The molecule has 1 aromatic rings. The number of nitrogens with zero attached hydrogens (tertiary/aromatic N) is 1. The summed E-state index contributed by atoms with van der Waals surface area (Å²) in [5, 5.41) is 34.0. The van der Waals surface area contributed by atoms with E-state index in [9.17, 15) is 15.3 Å². The number of aliphatic hydroxyl groups excluding tert-OH is 2. The van der Waals surface area contributed by atoms with Crippen LogP contribution in [-0.2, 0) is 0 Å². The first-order valence-electron chi connectivity index (χ1n) is 12.5. The maximum Gasteiger partial charge on any atom is 0.0762 e. The van der Waals surface area contributed by atoms with Gasteiger partial charge < -0.3 is 20.2 Å². The third-order valence-corrected chi connectivity index (χ3v) is 10.6. The van der Waals surface area contributed by atoms with Gasteiger partial charge in [0.2, 0.25) is 0 Å². The first kappa shape index (κ1) is 21.7. The van der Waals surface area contributed by atoms with Crippen molar-refractivity contribution in [1.82, 2.24) is 0 Å². The number of benzene rings is 1. The number of hydrogen-bond donors (Lipinski definition) is 3. The van der Waals surface area contributed by atoms with Crippen molar-refractivity contribution in [2.24, 2.45) is 28.6 Å². The van der Waals surface area contributed by atoms with E-state index in [-0.39, 0.29) is 22.9 Å². The monoisotopic (exact) mass is 427 g/mol. The molecule has 4 fully saturated rings. The van der Waals surface area contributed by atoms with Gasteiger partial charge >= 0.3 is 0 Å². The van der Waals surface area contributed by atoms with E-state index in [4.69, 9.17) is 0 Å². The van der Waals surface area contributed by atoms with E-state index in [0.717, 1.165) is 51.4 Å². The fraction of sp³-hybridized carbons (Fsp3) is 0.778. The summed E-state index contributed by atoms with van der Waals surface area (Å²) in [6.07, 6.45) is 6.61. The standard InChI is InChI=1S/C27H41NO3/c1-25-12-9-20(29)15-18(25)16-23(30)24-22(25)10-13-26(2)21(11-14-27(24,26)31)17-5-7-19(8-6-17)28(3)4/h5-8,18,20-24,29-31H,9-16H2,1-4H3/t18?,20?,21?,22-,23?,24+,25+,26-,27-/m1/s1. The minimum Gasteiger partial charge on any atom is -0.393 e. The van der Waals surface area contributed by atoms with Crippen molar-refractivity contribution in [2.75, 3.05) is 19.0 Å². The highest BCUT2D eigenvalue weighted by Crippen LogP contribution is 2.70. The summed E-state index contributed by atoms with van der Waals surface area (Å²) in [6.45, 7) is 4.69. The van der Waals surface area contributed by atoms with E-state index >= 15 is 0 Å². The lowest BCUT2D eigenvalue weighted by Crippen LogP contribution is -2.66. The summed E-state index contributed by atoms with van der Waals surface area (Å²) < 4.78 is 0. The van der Waals surface area contributed by atoms with Gasteiger partial charge in [-0.1, -0.05) is 26.0 Å². The maximum absolute atomic E-state index is 12.3. The van der Waals surface area contributed by atoms with E-state index in [1.165, 1.54) is 11.3 Å². The van der Waals surface area contributed by atoms with E-state index in [1.807, 2.05) is 0 Å². The average Bonchev–Trinajstić information content (AvgIpc) is 3.00. The predicted octanol–water partition coefficient (Wildman–Crippen LogP) is 4.33. The van der Waals surface area contributed by atoms with Crippen molar-refractivity contribution in [3.05, 3.63) is 29.8 Å². The summed E-state index contributed by atoms with van der Waals surface area (Å²) in [5.74, 6) is 1.01. The molecule has 4 heteroatoms. The first-order valence-corrected chi connectivity index (χ1v) is 12.5. The highest BCUT2D eigenvalue weighted by molar-refractivity contribution is 5.47. The van der Waals surface area contributed by atoms with Gasteiger partial charge in [0, 0.05) is 31.1 Å². The molecule has 172 valence electrons. The van der Waals surface area contributed by atoms with Crippen LogP contribution in [0, 0.1) is 28.6 Å². The Morgan fingerprint density at radius 3 is 2.29 bits per heavy atom. The number of aliphatic hydroxyl groups is 3. The molecule has 0 radical (unpaired) electrons. The molecule has 0 spiro atoms. The molecular formula is C27H41NO3. The normalized spacial score (nSPS) is 49.1. The van der Waals surface area contributed by atoms with Crippen LogP contribution < -0.4 is 4.90 Å². The Morgan fingerprint density at radius 2 is 1.61 bits per heavy atom. The third kappa shape index (κ3) is 2.97. The Hall–Kier alpha value is -1.10. The van der Waals surface area contributed by atoms with Crippen LogP contribution in [0.1, 0.15) is 76.7 Å². The second-order valence-corrected chi connectivity index (χ2v) is 12.0. The number of hydrogen-bond acceptors (Lipinski definition) is 4. The zero-order chi connectivity index (χ0) is 22.2. The van der Waals surface area contributed by atoms with Gasteiger partial charge in [-0.05, 0) is 92.2 Å². The van der Waals surface area contributed by atoms with Gasteiger partial charge in [-0.15, -0.1) is 0 Å². The van der Waals surface area contributed by atoms with E-state index in [0.29, 0.717) is 17.8 Å². The zero-order valence-corrected chi connectivity index (χ0v) is 19.7. The van der Waals surface area contributed by atoms with Crippen molar-refractivity contribution >= 4 is 5.69 Å². The molecule has 0 amide bonds. The van der Waals surface area contributed by atoms with Gasteiger partial charge in [0.05, 0.1) is 17.8 Å². The van der Waals surface area contributed by atoms with Crippen LogP contribution in [0.5, 0.6) is 0 Å². The molecule has 9 atom stereocenters. The minimum atomic E-state index is -0.815. The van der Waals surface area contributed by atoms with Gasteiger partial charge in [-0.25, -0.2) is 0 Å². The molecule has 4 aliphatic carbocycles. The largest absolute Gasteiger partial charge is 0.393 e. The van der Waals surface area contributed by atoms with Crippen molar-refractivity contribution in [3.63, 3.8) is 0 Å². The van der Waals surface area contributed by atoms with Gasteiger partial charge in [-0.3, -0.25) is 0 Å². The molecule has 0 heterocycles. The van der Waals surface area contributed by atoms with Gasteiger partial charge in [0.15, 0.2) is 0 Å². The van der Waals surface area contributed by atoms with E-state index in [1.54, 1.807) is 0 Å². The Balaban J connectivity index is 1.48. The van der Waals surface area contributed by atoms with Gasteiger partial charge in [-0.2, -0.15) is 0 Å². The van der Waals surface area contributed by atoms with Gasteiger partial charge in [0.1, 0.15) is 0 Å². The van der Waals surface area contributed by atoms with Crippen molar-refractivity contribution in [1.29, 1.82) is 0 Å². The van der Waals surface area contributed by atoms with Crippen LogP contribution in [0.4, 0.5) is 5.69 Å². The smallest absolute Gasteiger partial charge is 0.0762 e. The van der Waals surface area contributed by atoms with E-state index in [2.05, 4.69) is 57.1 Å². The Morgan fingerprint density at radius 1 is 0.903 bits per heavy atom. The summed E-state index contributed by atoms with van der Waals surface area (Å²) >= 11 is 0. The molecule has 31 heavy (non-hydrogen) atoms. The highest BCUT2D eigenvalue weighted by atomic mass is 16.3.